The first-order valence-electron chi connectivity index (χ1n) is 43.9. The van der Waals surface area contributed by atoms with Crippen molar-refractivity contribution >= 4 is 24.6 Å². The zero-order valence-corrected chi connectivity index (χ0v) is 76.0. The van der Waals surface area contributed by atoms with Crippen LogP contribution >= 0.6 is 0 Å². The van der Waals surface area contributed by atoms with E-state index in [0.717, 1.165) is 189 Å². The smallest absolute Gasteiger partial charge is 0.493 e. The number of carbonyl (C=O) groups excluding carboxylic acids is 4. The van der Waals surface area contributed by atoms with Crippen LogP contribution in [-0.2, 0) is 18.9 Å². The molecule has 8 rings (SSSR count). The summed E-state index contributed by atoms with van der Waals surface area (Å²) in [7, 11) is 0. The molecule has 0 aliphatic rings. The summed E-state index contributed by atoms with van der Waals surface area (Å²) >= 11 is 0. The van der Waals surface area contributed by atoms with Crippen LogP contribution in [0.2, 0.25) is 0 Å². The van der Waals surface area contributed by atoms with Crippen molar-refractivity contribution in [2.45, 2.75) is 236 Å². The summed E-state index contributed by atoms with van der Waals surface area (Å²) in [5.41, 5.74) is -1.25. The molecule has 0 bridgehead atoms. The van der Waals surface area contributed by atoms with E-state index < -0.39 is 136 Å². The predicted molar refractivity (Wildman–Crippen MR) is 469 cm³/mol. The van der Waals surface area contributed by atoms with Crippen molar-refractivity contribution < 1.29 is 129 Å². The van der Waals surface area contributed by atoms with Gasteiger partial charge in [0.05, 0.1) is 26.4 Å². The number of benzene rings is 8. The van der Waals surface area contributed by atoms with Crippen LogP contribution in [0.3, 0.4) is 0 Å². The van der Waals surface area contributed by atoms with E-state index in [1.165, 1.54) is 60.7 Å². The minimum absolute atomic E-state index is 0.0371. The molecule has 8 aromatic rings. The van der Waals surface area contributed by atoms with Gasteiger partial charge in [-0.05, 0) is 134 Å². The van der Waals surface area contributed by atoms with Gasteiger partial charge < -0.3 is 56.8 Å². The largest absolute Gasteiger partial charge is 0.515 e. The maximum Gasteiger partial charge on any atom is 0.515 e. The van der Waals surface area contributed by atoms with Gasteiger partial charge in [-0.2, -0.15) is 38.6 Å². The molecule has 8 aromatic carbocycles. The summed E-state index contributed by atoms with van der Waals surface area (Å²) in [5, 5.41) is 35.8. The lowest BCUT2D eigenvalue weighted by molar-refractivity contribution is 0.0601. The van der Waals surface area contributed by atoms with Crippen LogP contribution in [0, 0.1) is 139 Å². The number of rotatable bonds is 44. The lowest BCUT2D eigenvalue weighted by Crippen LogP contribution is -2.24. The van der Waals surface area contributed by atoms with Crippen molar-refractivity contribution in [2.75, 3.05) is 26.4 Å². The molecule has 0 amide bonds. The molecule has 0 aliphatic carbocycles. The average Bonchev–Trinajstić information content (AvgIpc) is 0.817. The third kappa shape index (κ3) is 35.5. The number of nitriles is 4. The summed E-state index contributed by atoms with van der Waals surface area (Å²) < 4.78 is 234. The van der Waals surface area contributed by atoms with Crippen LogP contribution in [0.25, 0.3) is 44.5 Å². The van der Waals surface area contributed by atoms with Crippen LogP contribution in [0.1, 0.15) is 212 Å². The molecule has 4 atom stereocenters. The second-order valence-electron chi connectivity index (χ2n) is 31.6. The van der Waals surface area contributed by atoms with Crippen molar-refractivity contribution in [1.82, 2.24) is 0 Å². The minimum atomic E-state index is -1.48. The number of ether oxygens (including phenoxy) is 12. The molecule has 0 spiro atoms. The third-order valence-corrected chi connectivity index (χ3v) is 19.8. The van der Waals surface area contributed by atoms with E-state index in [2.05, 4.69) is 32.4 Å². The van der Waals surface area contributed by atoms with Gasteiger partial charge in [-0.3, -0.25) is 0 Å². The molecule has 0 fully saturated rings. The number of unbranched alkanes of at least 4 members (excludes halogenated alkanes) is 16. The Hall–Kier alpha value is -12.8. The van der Waals surface area contributed by atoms with Gasteiger partial charge in [0.15, 0.2) is 93.8 Å². The molecule has 132 heavy (non-hydrogen) atoms. The maximum atomic E-state index is 14.6. The SMILES string of the molecule is CCCCCCCOc1ccc(-c2ccc(OC(=O)OC(C#N)C(C)C)c(F)c2)c(F)c1F.CCCCCCCOc1ccc(-c2ccc(OC(=O)OC(C#N)C(C)C)c(F)c2F)c(F)c1.CCCCCCCOc1ccc(-c2ccc(OC(=O)OC(C#N)C(C)C)c(F)c2F)cc1F.CCCCCCCOc1ccc(-c2ccc(OC(=O)OC(C#N)C(C)C)cc2F)c(F)c1F. The topological polar surface area (TPSA) is 274 Å². The summed E-state index contributed by atoms with van der Waals surface area (Å²) in [6.07, 6.45) is 11.1. The highest BCUT2D eigenvalue weighted by molar-refractivity contribution is 5.73. The zero-order chi connectivity index (χ0) is 97.5. The lowest BCUT2D eigenvalue weighted by Gasteiger charge is -2.14. The van der Waals surface area contributed by atoms with Crippen molar-refractivity contribution in [3.05, 3.63) is 191 Å². The van der Waals surface area contributed by atoms with Crippen molar-refractivity contribution in [3.8, 4) is 115 Å². The van der Waals surface area contributed by atoms with Crippen LogP contribution in [-0.4, -0.2) is 75.5 Å². The maximum absolute atomic E-state index is 14.6. The van der Waals surface area contributed by atoms with Crippen LogP contribution in [0.15, 0.2) is 121 Å². The number of hydrogen-bond donors (Lipinski definition) is 0. The van der Waals surface area contributed by atoms with E-state index in [1.54, 1.807) is 73.6 Å². The highest BCUT2D eigenvalue weighted by Gasteiger charge is 2.29. The van der Waals surface area contributed by atoms with Crippen LogP contribution < -0.4 is 37.9 Å². The fraction of sp³-hybridized carbons (Fsp3) is 0.440. The van der Waals surface area contributed by atoms with E-state index in [9.17, 15) is 71.9 Å². The Balaban J connectivity index is 0.000000311. The molecular formula is C100H112F12N4O16. The summed E-state index contributed by atoms with van der Waals surface area (Å²) in [6, 6.07) is 30.8. The lowest BCUT2D eigenvalue weighted by atomic mass is 10.0. The zero-order valence-electron chi connectivity index (χ0n) is 76.0. The van der Waals surface area contributed by atoms with E-state index in [4.69, 9.17) is 73.2 Å². The Morgan fingerprint density at radius 2 is 0.515 bits per heavy atom. The molecule has 0 radical (unpaired) electrons. The first kappa shape index (κ1) is 110. The van der Waals surface area contributed by atoms with E-state index in [1.807, 2.05) is 6.07 Å². The first-order chi connectivity index (χ1) is 63.1. The normalized spacial score (nSPS) is 11.7. The Morgan fingerprint density at radius 3 is 0.841 bits per heavy atom. The average molecular weight is 1850 g/mol. The minimum Gasteiger partial charge on any atom is -0.493 e. The Bertz CT molecular complexity index is 5230. The molecule has 32 heteroatoms. The monoisotopic (exact) mass is 1850 g/mol. The number of halogens is 12. The Kier molecular flexibility index (Phi) is 48.2. The van der Waals surface area contributed by atoms with Crippen molar-refractivity contribution in [3.63, 3.8) is 0 Å². The van der Waals surface area contributed by atoms with Gasteiger partial charge in [-0.25, -0.2) is 54.3 Å². The van der Waals surface area contributed by atoms with E-state index >= 15 is 0 Å². The van der Waals surface area contributed by atoms with Gasteiger partial charge in [0.2, 0.25) is 23.3 Å². The molecule has 4 unspecified atom stereocenters. The van der Waals surface area contributed by atoms with Crippen LogP contribution in [0.5, 0.6) is 46.0 Å². The number of carbonyl (C=O) groups is 4. The second kappa shape index (κ2) is 58.0. The fourth-order valence-electron chi connectivity index (χ4n) is 12.2. The molecule has 0 saturated carbocycles. The standard InChI is InChI=1S/4C25H28F3NO4/c1-4-5-6-7-8-13-31-21-12-10-18(23(27)24(21)28)17-9-11-20(19(26)14-17)32-25(30)33-22(15-29)16(2)3;1-4-5-6-7-8-13-31-20-11-9-17(14-19(20)26)18-10-12-21(24(28)23(18)27)32-25(30)33-22(15-29)16(2)3;1-4-5-6-7-8-13-31-21-12-11-19(23(27)24(21)28)18-10-9-17(14-20(18)26)32-25(30)33-22(15-29)16(2)3;1-4-5-6-7-8-13-31-17-9-10-18(20(26)14-17)19-11-12-21(24(28)23(19)27)32-25(30)33-22(15-29)16(2)3/h4*9-12,14,16,22H,4-8,13H2,1-3H3. The number of nitrogens with zero attached hydrogens (tertiary/aromatic N) is 4. The van der Waals surface area contributed by atoms with Gasteiger partial charge in [-0.15, -0.1) is 0 Å². The quantitative estimate of drug-likeness (QED) is 0.0113. The molecular weight excluding hydrogens is 1740 g/mol. The van der Waals surface area contributed by atoms with Gasteiger partial charge in [-0.1, -0.05) is 198 Å². The number of hydrogen-bond acceptors (Lipinski definition) is 20. The van der Waals surface area contributed by atoms with E-state index in [0.29, 0.717) is 19.0 Å². The van der Waals surface area contributed by atoms with Gasteiger partial charge in [0.1, 0.15) is 47.4 Å². The Morgan fingerprint density at radius 1 is 0.258 bits per heavy atom. The summed E-state index contributed by atoms with van der Waals surface area (Å²) in [5.74, 6) is -17.1. The second-order valence-corrected chi connectivity index (χ2v) is 31.6. The summed E-state index contributed by atoms with van der Waals surface area (Å²) in [4.78, 5) is 47.2. The summed E-state index contributed by atoms with van der Waals surface area (Å²) in [6.45, 7) is 23.1. The first-order valence-corrected chi connectivity index (χ1v) is 43.9. The van der Waals surface area contributed by atoms with Gasteiger partial charge >= 0.3 is 24.6 Å². The van der Waals surface area contributed by atoms with Gasteiger partial charge in [0, 0.05) is 69.2 Å². The highest BCUT2D eigenvalue weighted by Crippen LogP contribution is 2.39. The highest BCUT2D eigenvalue weighted by atomic mass is 19.2. The molecule has 0 heterocycles. The van der Waals surface area contributed by atoms with Gasteiger partial charge in [0.25, 0.3) is 0 Å². The molecule has 20 nitrogen and oxygen atoms in total. The van der Waals surface area contributed by atoms with Crippen molar-refractivity contribution in [1.29, 1.82) is 21.0 Å². The molecule has 0 aliphatic heterocycles. The van der Waals surface area contributed by atoms with E-state index in [-0.39, 0.29) is 104 Å². The van der Waals surface area contributed by atoms with Crippen LogP contribution in [0.4, 0.5) is 71.9 Å². The third-order valence-electron chi connectivity index (χ3n) is 19.8. The van der Waals surface area contributed by atoms with Crippen molar-refractivity contribution in [2.24, 2.45) is 23.7 Å². The Labute approximate surface area is 762 Å². The molecule has 0 N–H and O–H groups in total. The predicted octanol–water partition coefficient (Wildman–Crippen LogP) is 28.7. The molecule has 712 valence electrons. The molecule has 0 aromatic heterocycles. The fourth-order valence-corrected chi connectivity index (χ4v) is 12.2. The molecule has 0 saturated heterocycles.